The van der Waals surface area contributed by atoms with Gasteiger partial charge in [-0.2, -0.15) is 4.31 Å². The second-order valence-corrected chi connectivity index (χ2v) is 7.95. The average molecular weight is 342 g/mol. The number of nitro groups is 1. The highest BCUT2D eigenvalue weighted by molar-refractivity contribution is 7.89. The zero-order valence-electron chi connectivity index (χ0n) is 13.7. The first-order valence-electron chi connectivity index (χ1n) is 7.56. The topological polar surface area (TPSA) is 89.7 Å². The van der Waals surface area contributed by atoms with Crippen molar-refractivity contribution in [1.29, 1.82) is 0 Å². The van der Waals surface area contributed by atoms with Crippen molar-refractivity contribution in [2.24, 2.45) is 5.92 Å². The quantitative estimate of drug-likeness (QED) is 0.561. The van der Waals surface area contributed by atoms with E-state index in [4.69, 9.17) is 4.74 Å². The summed E-state index contributed by atoms with van der Waals surface area (Å²) in [6.07, 6.45) is 1.68. The summed E-state index contributed by atoms with van der Waals surface area (Å²) in [6, 6.07) is 3.44. The molecule has 23 heavy (non-hydrogen) atoms. The van der Waals surface area contributed by atoms with E-state index in [1.165, 1.54) is 23.5 Å². The van der Waals surface area contributed by atoms with E-state index in [-0.39, 0.29) is 34.3 Å². The maximum absolute atomic E-state index is 13.1. The molecule has 2 rings (SSSR count). The monoisotopic (exact) mass is 342 g/mol. The van der Waals surface area contributed by atoms with Crippen molar-refractivity contribution < 1.29 is 18.1 Å². The van der Waals surface area contributed by atoms with E-state index in [0.717, 1.165) is 18.9 Å². The van der Waals surface area contributed by atoms with Crippen LogP contribution >= 0.6 is 0 Å². The molecule has 0 aromatic heterocycles. The van der Waals surface area contributed by atoms with Crippen LogP contribution in [0, 0.1) is 16.0 Å². The molecule has 1 fully saturated rings. The molecular weight excluding hydrogens is 320 g/mol. The van der Waals surface area contributed by atoms with Crippen molar-refractivity contribution in [2.45, 2.75) is 50.6 Å². The van der Waals surface area contributed by atoms with E-state index >= 15 is 0 Å². The van der Waals surface area contributed by atoms with Crippen LogP contribution in [-0.4, -0.2) is 36.8 Å². The van der Waals surface area contributed by atoms with Crippen LogP contribution in [0.15, 0.2) is 23.1 Å². The van der Waals surface area contributed by atoms with Gasteiger partial charge >= 0.3 is 0 Å². The Hall–Kier alpha value is -1.67. The SMILES string of the molecule is COc1cc([N+](=O)[O-])ccc1S(=O)(=O)N(C1CC1)C(C)C(C)C. The zero-order valence-corrected chi connectivity index (χ0v) is 14.5. The number of methoxy groups -OCH3 is 1. The van der Waals surface area contributed by atoms with Gasteiger partial charge in [-0.15, -0.1) is 0 Å². The van der Waals surface area contributed by atoms with Gasteiger partial charge in [-0.1, -0.05) is 13.8 Å². The molecule has 1 atom stereocenters. The summed E-state index contributed by atoms with van der Waals surface area (Å²) in [5.41, 5.74) is -0.198. The molecule has 8 heteroatoms. The van der Waals surface area contributed by atoms with Crippen LogP contribution in [0.25, 0.3) is 0 Å². The molecule has 1 aromatic carbocycles. The molecule has 0 aliphatic heterocycles. The first-order chi connectivity index (χ1) is 10.7. The van der Waals surface area contributed by atoms with Gasteiger partial charge in [0.15, 0.2) is 0 Å². The lowest BCUT2D eigenvalue weighted by atomic mass is 10.1. The number of nitrogens with zero attached hydrogens (tertiary/aromatic N) is 2. The van der Waals surface area contributed by atoms with E-state index in [1.54, 1.807) is 0 Å². The van der Waals surface area contributed by atoms with Gasteiger partial charge in [-0.05, 0) is 31.7 Å². The molecule has 0 radical (unpaired) electrons. The Morgan fingerprint density at radius 3 is 2.35 bits per heavy atom. The van der Waals surface area contributed by atoms with Gasteiger partial charge in [0.2, 0.25) is 10.0 Å². The molecule has 1 unspecified atom stereocenters. The van der Waals surface area contributed by atoms with Gasteiger partial charge in [0.25, 0.3) is 5.69 Å². The van der Waals surface area contributed by atoms with Crippen LogP contribution in [-0.2, 0) is 10.0 Å². The van der Waals surface area contributed by atoms with Crippen molar-refractivity contribution in [3.05, 3.63) is 28.3 Å². The van der Waals surface area contributed by atoms with E-state index < -0.39 is 14.9 Å². The molecular formula is C15H22N2O5S. The standard InChI is InChI=1S/C15H22N2O5S/c1-10(2)11(3)16(12-5-6-12)23(20,21)15-8-7-13(17(18)19)9-14(15)22-4/h7-12H,5-6H2,1-4H3. The minimum absolute atomic E-state index is 0.000746. The highest BCUT2D eigenvalue weighted by atomic mass is 32.2. The van der Waals surface area contributed by atoms with Gasteiger partial charge < -0.3 is 4.74 Å². The Morgan fingerprint density at radius 1 is 1.30 bits per heavy atom. The summed E-state index contributed by atoms with van der Waals surface area (Å²) in [7, 11) is -2.47. The second kappa shape index (κ2) is 6.45. The van der Waals surface area contributed by atoms with Gasteiger partial charge in [-0.25, -0.2) is 8.42 Å². The van der Waals surface area contributed by atoms with Gasteiger partial charge in [0, 0.05) is 18.2 Å². The summed E-state index contributed by atoms with van der Waals surface area (Å²) in [4.78, 5) is 10.3. The molecule has 0 bridgehead atoms. The van der Waals surface area contributed by atoms with E-state index in [0.29, 0.717) is 0 Å². The summed E-state index contributed by atoms with van der Waals surface area (Å²) in [5.74, 6) is 0.162. The van der Waals surface area contributed by atoms with Crippen molar-refractivity contribution >= 4 is 15.7 Å². The fourth-order valence-corrected chi connectivity index (χ4v) is 4.62. The lowest BCUT2D eigenvalue weighted by molar-refractivity contribution is -0.385. The van der Waals surface area contributed by atoms with Gasteiger partial charge in [0.1, 0.15) is 10.6 Å². The van der Waals surface area contributed by atoms with Crippen LogP contribution in [0.4, 0.5) is 5.69 Å². The maximum atomic E-state index is 13.1. The fourth-order valence-electron chi connectivity index (χ4n) is 2.47. The predicted octanol–water partition coefficient (Wildman–Crippen LogP) is 2.80. The number of sulfonamides is 1. The normalized spacial score (nSPS) is 16.6. The molecule has 1 aliphatic rings. The van der Waals surface area contributed by atoms with E-state index in [1.807, 2.05) is 20.8 Å². The number of benzene rings is 1. The summed E-state index contributed by atoms with van der Waals surface area (Å²) >= 11 is 0. The molecule has 1 aromatic rings. The van der Waals surface area contributed by atoms with Crippen molar-refractivity contribution in [2.75, 3.05) is 7.11 Å². The number of nitro benzene ring substituents is 1. The third kappa shape index (κ3) is 3.48. The van der Waals surface area contributed by atoms with Crippen molar-refractivity contribution in [3.63, 3.8) is 0 Å². The summed E-state index contributed by atoms with van der Waals surface area (Å²) in [5, 5.41) is 10.9. The van der Waals surface area contributed by atoms with Crippen LogP contribution in [0.1, 0.15) is 33.6 Å². The number of rotatable bonds is 7. The summed E-state index contributed by atoms with van der Waals surface area (Å²) in [6.45, 7) is 5.84. The molecule has 1 aliphatic carbocycles. The second-order valence-electron chi connectivity index (χ2n) is 6.14. The maximum Gasteiger partial charge on any atom is 0.273 e. The average Bonchev–Trinajstić information content (AvgIpc) is 3.30. The van der Waals surface area contributed by atoms with Crippen LogP contribution in [0.3, 0.4) is 0 Å². The first-order valence-corrected chi connectivity index (χ1v) is 9.00. The Labute approximate surface area is 136 Å². The Morgan fingerprint density at radius 2 is 1.91 bits per heavy atom. The van der Waals surface area contributed by atoms with Gasteiger partial charge in [-0.3, -0.25) is 10.1 Å². The fraction of sp³-hybridized carbons (Fsp3) is 0.600. The molecule has 0 N–H and O–H groups in total. The van der Waals surface area contributed by atoms with E-state index in [9.17, 15) is 18.5 Å². The molecule has 0 saturated heterocycles. The highest BCUT2D eigenvalue weighted by Gasteiger charge is 2.43. The van der Waals surface area contributed by atoms with Crippen LogP contribution in [0.5, 0.6) is 5.75 Å². The van der Waals surface area contributed by atoms with Gasteiger partial charge in [0.05, 0.1) is 18.1 Å². The molecule has 0 spiro atoms. The molecule has 0 amide bonds. The Balaban J connectivity index is 2.51. The van der Waals surface area contributed by atoms with Crippen molar-refractivity contribution in [1.82, 2.24) is 4.31 Å². The predicted molar refractivity (Wildman–Crippen MR) is 86.0 cm³/mol. The number of hydrogen-bond donors (Lipinski definition) is 0. The largest absolute Gasteiger partial charge is 0.495 e. The Kier molecular flexibility index (Phi) is 4.95. The van der Waals surface area contributed by atoms with E-state index in [2.05, 4.69) is 0 Å². The molecule has 1 saturated carbocycles. The van der Waals surface area contributed by atoms with Crippen molar-refractivity contribution in [3.8, 4) is 5.75 Å². The minimum atomic E-state index is -3.78. The molecule has 128 valence electrons. The zero-order chi connectivity index (χ0) is 17.4. The first kappa shape index (κ1) is 17.7. The van der Waals surface area contributed by atoms with Crippen LogP contribution in [0.2, 0.25) is 0 Å². The third-order valence-electron chi connectivity index (χ3n) is 4.19. The number of hydrogen-bond acceptors (Lipinski definition) is 5. The lowest BCUT2D eigenvalue weighted by Gasteiger charge is -2.31. The minimum Gasteiger partial charge on any atom is -0.495 e. The number of ether oxygens (including phenoxy) is 1. The molecule has 0 heterocycles. The Bertz CT molecular complexity index is 698. The summed E-state index contributed by atoms with van der Waals surface area (Å²) < 4.78 is 32.8. The highest BCUT2D eigenvalue weighted by Crippen LogP contribution is 2.38. The smallest absolute Gasteiger partial charge is 0.273 e. The van der Waals surface area contributed by atoms with Crippen LogP contribution < -0.4 is 4.74 Å². The lowest BCUT2D eigenvalue weighted by Crippen LogP contribution is -2.43. The third-order valence-corrected chi connectivity index (χ3v) is 6.27. The number of non-ortho nitro benzene ring substituents is 1. The molecule has 7 nitrogen and oxygen atoms in total.